The highest BCUT2D eigenvalue weighted by Gasteiger charge is 2.48. The fraction of sp³-hybridized carbons (Fsp3) is 0.500. The van der Waals surface area contributed by atoms with Crippen LogP contribution >= 0.6 is 0 Å². The predicted molar refractivity (Wildman–Crippen MR) is 67.1 cm³/mol. The topological polar surface area (TPSA) is 46.6 Å². The SMILES string of the molecule is O=S(=O)(Oc1ccc2c(c1)CCN(CC(F)(F)F)C2)C(F)(F)F. The lowest BCUT2D eigenvalue weighted by atomic mass is 9.99. The predicted octanol–water partition coefficient (Wildman–Crippen LogP) is 2.84. The molecule has 0 radical (unpaired) electrons. The number of alkyl halides is 6. The monoisotopic (exact) mass is 363 g/mol. The molecule has 0 bridgehead atoms. The maximum Gasteiger partial charge on any atom is 0.534 e. The van der Waals surface area contributed by atoms with Crippen molar-refractivity contribution in [3.05, 3.63) is 29.3 Å². The van der Waals surface area contributed by atoms with Crippen LogP contribution in [0, 0.1) is 0 Å². The van der Waals surface area contributed by atoms with Crippen molar-refractivity contribution in [2.45, 2.75) is 24.7 Å². The average Bonchev–Trinajstić information content (AvgIpc) is 2.35. The molecule has 130 valence electrons. The van der Waals surface area contributed by atoms with Crippen LogP contribution in [0.25, 0.3) is 0 Å². The van der Waals surface area contributed by atoms with Gasteiger partial charge in [0.05, 0.1) is 6.54 Å². The molecule has 0 aromatic heterocycles. The van der Waals surface area contributed by atoms with Crippen LogP contribution in [0.5, 0.6) is 5.75 Å². The molecule has 0 aliphatic carbocycles. The summed E-state index contributed by atoms with van der Waals surface area (Å²) in [7, 11) is -5.77. The summed E-state index contributed by atoms with van der Waals surface area (Å²) in [6.45, 7) is -1.06. The summed E-state index contributed by atoms with van der Waals surface area (Å²) in [5.41, 5.74) is -4.61. The molecule has 1 aliphatic heterocycles. The molecule has 1 aliphatic rings. The second-order valence-electron chi connectivity index (χ2n) is 4.99. The maximum atomic E-state index is 12.3. The standard InChI is InChI=1S/C12H11F6NO3S/c13-11(14,15)7-19-4-3-8-5-10(2-1-9(8)6-19)22-23(20,21)12(16,17)18/h1-2,5H,3-4,6-7H2. The summed E-state index contributed by atoms with van der Waals surface area (Å²) < 4.78 is 99.6. The Kier molecular flexibility index (Phi) is 4.55. The maximum absolute atomic E-state index is 12.3. The van der Waals surface area contributed by atoms with Crippen LogP contribution in [-0.4, -0.2) is 38.1 Å². The molecular formula is C12H11F6NO3S. The highest BCUT2D eigenvalue weighted by atomic mass is 32.2. The molecule has 0 saturated carbocycles. The van der Waals surface area contributed by atoms with Crippen molar-refractivity contribution in [3.8, 4) is 5.75 Å². The highest BCUT2D eigenvalue weighted by molar-refractivity contribution is 7.88. The average molecular weight is 363 g/mol. The van der Waals surface area contributed by atoms with Crippen LogP contribution in [0.2, 0.25) is 0 Å². The number of hydrogen-bond acceptors (Lipinski definition) is 4. The zero-order chi connectivity index (χ0) is 17.5. The van der Waals surface area contributed by atoms with Crippen molar-refractivity contribution >= 4 is 10.1 Å². The highest BCUT2D eigenvalue weighted by Crippen LogP contribution is 2.30. The van der Waals surface area contributed by atoms with Crippen LogP contribution in [0.15, 0.2) is 18.2 Å². The van der Waals surface area contributed by atoms with Gasteiger partial charge in [0.1, 0.15) is 5.75 Å². The van der Waals surface area contributed by atoms with Crippen LogP contribution in [-0.2, 0) is 23.1 Å². The smallest absolute Gasteiger partial charge is 0.376 e. The van der Waals surface area contributed by atoms with Gasteiger partial charge in [0, 0.05) is 13.1 Å². The molecule has 2 rings (SSSR count). The van der Waals surface area contributed by atoms with E-state index in [0.717, 1.165) is 17.0 Å². The lowest BCUT2D eigenvalue weighted by Gasteiger charge is -2.29. The molecule has 1 aromatic carbocycles. The van der Waals surface area contributed by atoms with Gasteiger partial charge in [-0.2, -0.15) is 34.8 Å². The quantitative estimate of drug-likeness (QED) is 0.471. The van der Waals surface area contributed by atoms with Crippen LogP contribution in [0.4, 0.5) is 26.3 Å². The fourth-order valence-corrected chi connectivity index (χ4v) is 2.65. The first-order valence-electron chi connectivity index (χ1n) is 6.29. The second-order valence-corrected chi connectivity index (χ2v) is 6.53. The molecule has 11 heteroatoms. The van der Waals surface area contributed by atoms with Crippen molar-refractivity contribution < 1.29 is 38.9 Å². The summed E-state index contributed by atoms with van der Waals surface area (Å²) in [6, 6.07) is 3.35. The van der Waals surface area contributed by atoms with Crippen LogP contribution in [0.3, 0.4) is 0 Å². The molecule has 0 fully saturated rings. The van der Waals surface area contributed by atoms with Gasteiger partial charge >= 0.3 is 21.8 Å². The van der Waals surface area contributed by atoms with Gasteiger partial charge in [0.25, 0.3) is 0 Å². The zero-order valence-corrected chi connectivity index (χ0v) is 12.2. The van der Waals surface area contributed by atoms with Gasteiger partial charge in [-0.1, -0.05) is 6.07 Å². The molecule has 23 heavy (non-hydrogen) atoms. The van der Waals surface area contributed by atoms with Gasteiger partial charge in [-0.05, 0) is 29.7 Å². The largest absolute Gasteiger partial charge is 0.534 e. The minimum atomic E-state index is -5.77. The van der Waals surface area contributed by atoms with Gasteiger partial charge in [-0.25, -0.2) is 0 Å². The summed E-state index contributed by atoms with van der Waals surface area (Å²) in [6.07, 6.45) is -4.20. The Morgan fingerprint density at radius 3 is 2.30 bits per heavy atom. The minimum Gasteiger partial charge on any atom is -0.376 e. The first-order valence-corrected chi connectivity index (χ1v) is 7.70. The number of halogens is 6. The van der Waals surface area contributed by atoms with Crippen molar-refractivity contribution in [2.24, 2.45) is 0 Å². The van der Waals surface area contributed by atoms with E-state index < -0.39 is 34.1 Å². The lowest BCUT2D eigenvalue weighted by Crippen LogP contribution is -2.38. The number of benzene rings is 1. The van der Waals surface area contributed by atoms with E-state index in [1.54, 1.807) is 0 Å². The Hall–Kier alpha value is -1.49. The molecule has 1 aromatic rings. The number of nitrogens with zero attached hydrogens (tertiary/aromatic N) is 1. The van der Waals surface area contributed by atoms with E-state index in [2.05, 4.69) is 4.18 Å². The molecule has 0 N–H and O–H groups in total. The van der Waals surface area contributed by atoms with Crippen molar-refractivity contribution in [3.63, 3.8) is 0 Å². The van der Waals surface area contributed by atoms with E-state index in [0.29, 0.717) is 11.1 Å². The van der Waals surface area contributed by atoms with E-state index in [4.69, 9.17) is 0 Å². The first kappa shape index (κ1) is 17.9. The van der Waals surface area contributed by atoms with Crippen molar-refractivity contribution in [1.82, 2.24) is 4.90 Å². The Bertz CT molecular complexity index is 683. The van der Waals surface area contributed by atoms with Gasteiger partial charge in [-0.3, -0.25) is 4.90 Å². The Labute approximate surface area is 127 Å². The van der Waals surface area contributed by atoms with E-state index in [-0.39, 0.29) is 19.5 Å². The van der Waals surface area contributed by atoms with Gasteiger partial charge in [-0.15, -0.1) is 0 Å². The summed E-state index contributed by atoms with van der Waals surface area (Å²) in [5.74, 6) is -0.523. The summed E-state index contributed by atoms with van der Waals surface area (Å²) in [4.78, 5) is 1.15. The molecule has 4 nitrogen and oxygen atoms in total. The summed E-state index contributed by atoms with van der Waals surface area (Å²) >= 11 is 0. The van der Waals surface area contributed by atoms with E-state index in [1.807, 2.05) is 0 Å². The van der Waals surface area contributed by atoms with Crippen molar-refractivity contribution in [2.75, 3.05) is 13.1 Å². The normalized spacial score (nSPS) is 17.0. The minimum absolute atomic E-state index is 0.0266. The lowest BCUT2D eigenvalue weighted by molar-refractivity contribution is -0.147. The molecule has 0 unspecified atom stereocenters. The van der Waals surface area contributed by atoms with Crippen LogP contribution < -0.4 is 4.18 Å². The van der Waals surface area contributed by atoms with Gasteiger partial charge in [0.15, 0.2) is 0 Å². The van der Waals surface area contributed by atoms with E-state index in [9.17, 15) is 34.8 Å². The fourth-order valence-electron chi connectivity index (χ4n) is 2.20. The third-order valence-corrected chi connectivity index (χ3v) is 4.14. The zero-order valence-electron chi connectivity index (χ0n) is 11.4. The third-order valence-electron chi connectivity index (χ3n) is 3.16. The van der Waals surface area contributed by atoms with E-state index in [1.165, 1.54) is 6.07 Å². The molecule has 0 amide bonds. The molecule has 0 spiro atoms. The third kappa shape index (κ3) is 4.50. The van der Waals surface area contributed by atoms with Crippen molar-refractivity contribution in [1.29, 1.82) is 0 Å². The van der Waals surface area contributed by atoms with Crippen LogP contribution in [0.1, 0.15) is 11.1 Å². The number of fused-ring (bicyclic) bond motifs is 1. The number of hydrogen-bond donors (Lipinski definition) is 0. The Morgan fingerprint density at radius 1 is 1.09 bits per heavy atom. The second kappa shape index (κ2) is 5.86. The first-order chi connectivity index (χ1) is 10.4. The Balaban J connectivity index is 2.14. The molecule has 1 heterocycles. The van der Waals surface area contributed by atoms with Gasteiger partial charge in [0.2, 0.25) is 0 Å². The molecule has 0 atom stereocenters. The summed E-state index contributed by atoms with van der Waals surface area (Å²) in [5, 5.41) is 0. The van der Waals surface area contributed by atoms with E-state index >= 15 is 0 Å². The molecular weight excluding hydrogens is 352 g/mol. The number of rotatable bonds is 3. The Morgan fingerprint density at radius 2 is 1.74 bits per heavy atom. The van der Waals surface area contributed by atoms with Gasteiger partial charge < -0.3 is 4.18 Å². The molecule has 0 saturated heterocycles.